The van der Waals surface area contributed by atoms with Gasteiger partial charge in [0.1, 0.15) is 5.15 Å². The largest absolute Gasteiger partial charge is 0.378 e. The quantitative estimate of drug-likeness (QED) is 0.607. The maximum Gasteiger partial charge on any atom is 0.187 e. The summed E-state index contributed by atoms with van der Waals surface area (Å²) in [6.07, 6.45) is 2.12. The highest BCUT2D eigenvalue weighted by Gasteiger charge is 2.24. The molecular formula is C20H26ClN5OS. The molecule has 1 fully saturated rings. The summed E-state index contributed by atoms with van der Waals surface area (Å²) in [6, 6.07) is 2.14. The number of hydrogen-bond acceptors (Lipinski definition) is 6. The lowest BCUT2D eigenvalue weighted by Crippen LogP contribution is -2.36. The van der Waals surface area contributed by atoms with E-state index in [4.69, 9.17) is 26.4 Å². The molecule has 6 nitrogen and oxygen atoms in total. The van der Waals surface area contributed by atoms with Crippen LogP contribution in [0.2, 0.25) is 5.15 Å². The number of aromatic nitrogens is 4. The van der Waals surface area contributed by atoms with Gasteiger partial charge in [0.05, 0.1) is 29.3 Å². The van der Waals surface area contributed by atoms with Crippen LogP contribution < -0.4 is 4.90 Å². The molecule has 8 heteroatoms. The summed E-state index contributed by atoms with van der Waals surface area (Å²) in [5.74, 6) is 0.595. The smallest absolute Gasteiger partial charge is 0.187 e. The van der Waals surface area contributed by atoms with Crippen LogP contribution in [-0.2, 0) is 11.2 Å². The van der Waals surface area contributed by atoms with E-state index in [-0.39, 0.29) is 0 Å². The number of ether oxygens (including phenoxy) is 1. The fourth-order valence-corrected chi connectivity index (χ4v) is 5.01. The molecule has 0 amide bonds. The SMILES string of the molecule is CCC(C)Cc1cc(C)nc2c(-c3sc(N4CCOCC4)nc3Cl)c(C)nn12. The average Bonchev–Trinajstić information content (AvgIpc) is 3.21. The second-order valence-corrected chi connectivity index (χ2v) is 8.85. The van der Waals surface area contributed by atoms with Crippen LogP contribution in [-0.4, -0.2) is 45.9 Å². The fraction of sp³-hybridized carbons (Fsp3) is 0.550. The first-order valence-electron chi connectivity index (χ1n) is 9.83. The molecule has 4 rings (SSSR count). The van der Waals surface area contributed by atoms with Crippen molar-refractivity contribution in [2.75, 3.05) is 31.2 Å². The van der Waals surface area contributed by atoms with Gasteiger partial charge in [0, 0.05) is 24.5 Å². The Balaban J connectivity index is 1.81. The molecule has 0 spiro atoms. The lowest BCUT2D eigenvalue weighted by atomic mass is 10.0. The van der Waals surface area contributed by atoms with Gasteiger partial charge in [0.15, 0.2) is 10.8 Å². The van der Waals surface area contributed by atoms with Crippen LogP contribution in [0.3, 0.4) is 0 Å². The Hall–Kier alpha value is -1.70. The number of thiazole rings is 1. The molecule has 28 heavy (non-hydrogen) atoms. The van der Waals surface area contributed by atoms with Gasteiger partial charge in [-0.1, -0.05) is 43.2 Å². The Kier molecular flexibility index (Phi) is 5.58. The zero-order valence-corrected chi connectivity index (χ0v) is 18.4. The topological polar surface area (TPSA) is 55.5 Å². The van der Waals surface area contributed by atoms with E-state index in [1.165, 1.54) is 5.69 Å². The summed E-state index contributed by atoms with van der Waals surface area (Å²) in [5, 5.41) is 6.29. The molecule has 0 aromatic carbocycles. The van der Waals surface area contributed by atoms with Crippen LogP contribution in [0.1, 0.15) is 37.4 Å². The predicted octanol–water partition coefficient (Wildman–Crippen LogP) is 4.55. The maximum atomic E-state index is 6.59. The van der Waals surface area contributed by atoms with Crippen molar-refractivity contribution in [2.45, 2.75) is 40.5 Å². The van der Waals surface area contributed by atoms with E-state index < -0.39 is 0 Å². The minimum atomic E-state index is 0.524. The first-order valence-corrected chi connectivity index (χ1v) is 11.0. The van der Waals surface area contributed by atoms with E-state index in [2.05, 4.69) is 29.8 Å². The molecule has 150 valence electrons. The van der Waals surface area contributed by atoms with Crippen molar-refractivity contribution in [3.05, 3.63) is 28.3 Å². The Morgan fingerprint density at radius 3 is 2.71 bits per heavy atom. The first kappa shape index (κ1) is 19.6. The molecule has 1 atom stereocenters. The van der Waals surface area contributed by atoms with E-state index in [9.17, 15) is 0 Å². The standard InChI is InChI=1S/C20H26ClN5OS/c1-5-12(2)10-15-11-13(3)22-19-16(14(4)24-26(15)19)17-18(21)23-20(28-17)25-6-8-27-9-7-25/h11-12H,5-10H2,1-4H3. The van der Waals surface area contributed by atoms with Gasteiger partial charge in [-0.3, -0.25) is 0 Å². The summed E-state index contributed by atoms with van der Waals surface area (Å²) in [6.45, 7) is 11.7. The molecule has 3 aromatic heterocycles. The average molecular weight is 420 g/mol. The molecule has 0 N–H and O–H groups in total. The molecule has 0 saturated carbocycles. The molecule has 1 aliphatic rings. The summed E-state index contributed by atoms with van der Waals surface area (Å²) < 4.78 is 7.45. The van der Waals surface area contributed by atoms with Gasteiger partial charge in [-0.05, 0) is 32.3 Å². The van der Waals surface area contributed by atoms with Crippen LogP contribution in [0, 0.1) is 19.8 Å². The van der Waals surface area contributed by atoms with Crippen LogP contribution in [0.25, 0.3) is 16.1 Å². The molecule has 1 unspecified atom stereocenters. The minimum Gasteiger partial charge on any atom is -0.378 e. The summed E-state index contributed by atoms with van der Waals surface area (Å²) in [5.41, 5.74) is 5.00. The third kappa shape index (κ3) is 3.63. The second kappa shape index (κ2) is 7.97. The molecule has 0 aliphatic carbocycles. The van der Waals surface area contributed by atoms with Gasteiger partial charge in [-0.25, -0.2) is 14.5 Å². The number of aryl methyl sites for hydroxylation is 2. The molecule has 1 aliphatic heterocycles. The number of anilines is 1. The molecule has 1 saturated heterocycles. The van der Waals surface area contributed by atoms with Gasteiger partial charge >= 0.3 is 0 Å². The van der Waals surface area contributed by atoms with Crippen molar-refractivity contribution in [2.24, 2.45) is 5.92 Å². The zero-order valence-electron chi connectivity index (χ0n) is 16.8. The summed E-state index contributed by atoms with van der Waals surface area (Å²) in [4.78, 5) is 12.6. The fourth-order valence-electron chi connectivity index (χ4n) is 3.57. The van der Waals surface area contributed by atoms with Gasteiger partial charge in [-0.15, -0.1) is 0 Å². The summed E-state index contributed by atoms with van der Waals surface area (Å²) in [7, 11) is 0. The third-order valence-corrected chi connectivity index (χ3v) is 6.82. The van der Waals surface area contributed by atoms with E-state index in [1.807, 2.05) is 18.4 Å². The molecule has 3 aromatic rings. The van der Waals surface area contributed by atoms with E-state index in [0.29, 0.717) is 11.1 Å². The van der Waals surface area contributed by atoms with Gasteiger partial charge < -0.3 is 9.64 Å². The molecule has 4 heterocycles. The monoisotopic (exact) mass is 419 g/mol. The van der Waals surface area contributed by atoms with E-state index >= 15 is 0 Å². The Labute approximate surface area is 174 Å². The Morgan fingerprint density at radius 1 is 1.25 bits per heavy atom. The number of halogens is 1. The van der Waals surface area contributed by atoms with Gasteiger partial charge in [0.25, 0.3) is 0 Å². The Bertz CT molecular complexity index is 992. The lowest BCUT2D eigenvalue weighted by molar-refractivity contribution is 0.122. The molecule has 0 radical (unpaired) electrons. The first-order chi connectivity index (χ1) is 13.5. The van der Waals surface area contributed by atoms with Crippen LogP contribution >= 0.6 is 22.9 Å². The van der Waals surface area contributed by atoms with Crippen LogP contribution in [0.5, 0.6) is 0 Å². The molecular weight excluding hydrogens is 394 g/mol. The van der Waals surface area contributed by atoms with Crippen molar-refractivity contribution in [1.82, 2.24) is 19.6 Å². The highest BCUT2D eigenvalue weighted by molar-refractivity contribution is 7.19. The van der Waals surface area contributed by atoms with Crippen molar-refractivity contribution in [3.8, 4) is 10.4 Å². The second-order valence-electron chi connectivity index (χ2n) is 7.52. The van der Waals surface area contributed by atoms with Crippen LogP contribution in [0.15, 0.2) is 6.07 Å². The summed E-state index contributed by atoms with van der Waals surface area (Å²) >= 11 is 8.21. The lowest BCUT2D eigenvalue weighted by Gasteiger charge is -2.25. The molecule has 0 bridgehead atoms. The predicted molar refractivity (Wildman–Crippen MR) is 115 cm³/mol. The highest BCUT2D eigenvalue weighted by Crippen LogP contribution is 2.41. The van der Waals surface area contributed by atoms with E-state index in [1.54, 1.807) is 11.3 Å². The third-order valence-electron chi connectivity index (χ3n) is 5.30. The van der Waals surface area contributed by atoms with Gasteiger partial charge in [-0.2, -0.15) is 5.10 Å². The normalized spacial score (nSPS) is 16.1. The number of fused-ring (bicyclic) bond motifs is 1. The van der Waals surface area contributed by atoms with Crippen molar-refractivity contribution in [3.63, 3.8) is 0 Å². The number of hydrogen-bond donors (Lipinski definition) is 0. The van der Waals surface area contributed by atoms with Gasteiger partial charge in [0.2, 0.25) is 0 Å². The minimum absolute atomic E-state index is 0.524. The maximum absolute atomic E-state index is 6.59. The number of rotatable bonds is 5. The van der Waals surface area contributed by atoms with E-state index in [0.717, 1.165) is 71.8 Å². The van der Waals surface area contributed by atoms with Crippen molar-refractivity contribution in [1.29, 1.82) is 0 Å². The number of morpholine rings is 1. The highest BCUT2D eigenvalue weighted by atomic mass is 35.5. The number of nitrogens with zero attached hydrogens (tertiary/aromatic N) is 5. The van der Waals surface area contributed by atoms with Crippen molar-refractivity contribution < 1.29 is 4.74 Å². The van der Waals surface area contributed by atoms with Crippen molar-refractivity contribution >= 4 is 33.7 Å². The zero-order chi connectivity index (χ0) is 19.8. The van der Waals surface area contributed by atoms with Crippen LogP contribution in [0.4, 0.5) is 5.13 Å². The Morgan fingerprint density at radius 2 is 2.00 bits per heavy atom.